The summed E-state index contributed by atoms with van der Waals surface area (Å²) in [5, 5.41) is 10.9. The Bertz CT molecular complexity index is 956. The van der Waals surface area contributed by atoms with Crippen LogP contribution in [0.3, 0.4) is 0 Å². The highest BCUT2D eigenvalue weighted by Crippen LogP contribution is 2.32. The topological polar surface area (TPSA) is 81.4 Å². The van der Waals surface area contributed by atoms with E-state index >= 15 is 0 Å². The Labute approximate surface area is 153 Å². The molecule has 0 aliphatic carbocycles. The van der Waals surface area contributed by atoms with Gasteiger partial charge in [-0.1, -0.05) is 22.9 Å². The minimum atomic E-state index is -4.53. The minimum Gasteiger partial charge on any atom is -0.377 e. The van der Waals surface area contributed by atoms with Crippen LogP contribution in [-0.4, -0.2) is 32.6 Å². The third kappa shape index (κ3) is 4.11. The second-order valence-electron chi connectivity index (χ2n) is 5.20. The molecule has 0 radical (unpaired) electrons. The van der Waals surface area contributed by atoms with Crippen LogP contribution in [-0.2, 0) is 28.7 Å². The molecule has 12 heteroatoms. The zero-order valence-corrected chi connectivity index (χ0v) is 14.7. The first-order chi connectivity index (χ1) is 12.3. The molecule has 0 atom stereocenters. The molecule has 0 fully saturated rings. The van der Waals surface area contributed by atoms with Gasteiger partial charge in [-0.15, -0.1) is 10.2 Å². The second-order valence-corrected chi connectivity index (χ2v) is 6.67. The Morgan fingerprint density at radius 3 is 2.85 bits per heavy atom. The molecule has 0 saturated carbocycles. The van der Waals surface area contributed by atoms with E-state index in [0.29, 0.717) is 10.1 Å². The molecule has 3 rings (SSSR count). The third-order valence-corrected chi connectivity index (χ3v) is 4.30. The monoisotopic (exact) mass is 405 g/mol. The van der Waals surface area contributed by atoms with Crippen molar-refractivity contribution in [3.8, 4) is 0 Å². The zero-order chi connectivity index (χ0) is 18.9. The Kier molecular flexibility index (Phi) is 5.12. The number of halogens is 4. The van der Waals surface area contributed by atoms with Crippen molar-refractivity contribution in [2.24, 2.45) is 0 Å². The lowest BCUT2D eigenvalue weighted by atomic mass is 10.3. The van der Waals surface area contributed by atoms with Crippen molar-refractivity contribution >= 4 is 39.6 Å². The number of carbonyl (C=O) groups is 1. The Balaban J connectivity index is 1.75. The highest BCUT2D eigenvalue weighted by atomic mass is 35.5. The number of alkyl halides is 3. The predicted octanol–water partition coefficient (Wildman–Crippen LogP) is 3.19. The number of imidazole rings is 1. The molecule has 3 aromatic rings. The lowest BCUT2D eigenvalue weighted by molar-refractivity contribution is -0.137. The van der Waals surface area contributed by atoms with Crippen LogP contribution in [0, 0.1) is 0 Å². The molecule has 26 heavy (non-hydrogen) atoms. The normalized spacial score (nSPS) is 11.9. The van der Waals surface area contributed by atoms with Crippen LogP contribution in [0.25, 0.3) is 5.65 Å². The van der Waals surface area contributed by atoms with Crippen LogP contribution in [0.2, 0.25) is 5.02 Å². The average Bonchev–Trinajstić information content (AvgIpc) is 3.13. The number of pyridine rings is 1. The quantitative estimate of drug-likeness (QED) is 0.705. The van der Waals surface area contributed by atoms with E-state index in [0.717, 1.165) is 28.0 Å². The number of ether oxygens (including phenoxy) is 1. The van der Waals surface area contributed by atoms with Gasteiger partial charge in [0.05, 0.1) is 22.7 Å². The second kappa shape index (κ2) is 7.17. The maximum absolute atomic E-state index is 12.8. The molecule has 0 aliphatic rings. The van der Waals surface area contributed by atoms with Crippen molar-refractivity contribution in [1.82, 2.24) is 19.6 Å². The van der Waals surface area contributed by atoms with E-state index in [1.54, 1.807) is 0 Å². The molecule has 7 nitrogen and oxygen atoms in total. The first-order valence-electron chi connectivity index (χ1n) is 7.12. The number of carbonyl (C=O) groups excluding carboxylic acids is 1. The average molecular weight is 406 g/mol. The Morgan fingerprint density at radius 1 is 1.38 bits per heavy atom. The highest BCUT2D eigenvalue weighted by molar-refractivity contribution is 7.15. The largest absolute Gasteiger partial charge is 0.417 e. The van der Waals surface area contributed by atoms with E-state index in [-0.39, 0.29) is 29.4 Å². The Hall–Kier alpha value is -2.24. The van der Waals surface area contributed by atoms with Crippen LogP contribution in [0.1, 0.15) is 16.3 Å². The molecule has 3 aromatic heterocycles. The number of hydrogen-bond donors (Lipinski definition) is 1. The summed E-state index contributed by atoms with van der Waals surface area (Å²) in [5.74, 6) is -0.430. The summed E-state index contributed by atoms with van der Waals surface area (Å²) in [6.45, 7) is 0.278. The van der Waals surface area contributed by atoms with Crippen LogP contribution in [0.4, 0.5) is 18.3 Å². The summed E-state index contributed by atoms with van der Waals surface area (Å²) >= 11 is 7.03. The van der Waals surface area contributed by atoms with Gasteiger partial charge in [-0.25, -0.2) is 4.98 Å². The van der Waals surface area contributed by atoms with Crippen LogP contribution in [0.15, 0.2) is 18.5 Å². The van der Waals surface area contributed by atoms with E-state index in [1.165, 1.54) is 13.3 Å². The van der Waals surface area contributed by atoms with Gasteiger partial charge in [0.1, 0.15) is 11.6 Å². The van der Waals surface area contributed by atoms with Crippen molar-refractivity contribution in [3.05, 3.63) is 39.7 Å². The van der Waals surface area contributed by atoms with Crippen LogP contribution in [0.5, 0.6) is 0 Å². The molecule has 0 saturated heterocycles. The summed E-state index contributed by atoms with van der Waals surface area (Å²) in [7, 11) is 1.51. The standard InChI is InChI=1S/C14H11ClF3N5O2S/c1-25-6-11-21-22-13(26-11)20-10(24)3-8-5-23-4-7(14(16,17)18)2-9(15)12(23)19-8/h2,4-5H,3,6H2,1H3,(H,20,22,24). The SMILES string of the molecule is COCc1nnc(NC(=O)Cc2cn3cc(C(F)(F)F)cc(Cl)c3n2)s1. The van der Waals surface area contributed by atoms with E-state index in [1.807, 2.05) is 0 Å². The van der Waals surface area contributed by atoms with E-state index in [4.69, 9.17) is 16.3 Å². The smallest absolute Gasteiger partial charge is 0.377 e. The molecular weight excluding hydrogens is 395 g/mol. The van der Waals surface area contributed by atoms with Gasteiger partial charge in [-0.05, 0) is 6.07 Å². The number of hydrogen-bond acceptors (Lipinski definition) is 6. The van der Waals surface area contributed by atoms with Gasteiger partial charge in [-0.2, -0.15) is 13.2 Å². The van der Waals surface area contributed by atoms with Gasteiger partial charge < -0.3 is 14.5 Å². The number of rotatable bonds is 5. The number of amides is 1. The Morgan fingerprint density at radius 2 is 2.15 bits per heavy atom. The van der Waals surface area contributed by atoms with Crippen LogP contribution >= 0.6 is 22.9 Å². The van der Waals surface area contributed by atoms with Crippen molar-refractivity contribution in [2.75, 3.05) is 12.4 Å². The third-order valence-electron chi connectivity index (χ3n) is 3.21. The maximum atomic E-state index is 12.8. The summed E-state index contributed by atoms with van der Waals surface area (Å²) in [6, 6.07) is 0.798. The van der Waals surface area contributed by atoms with Gasteiger partial charge in [0.2, 0.25) is 11.0 Å². The molecule has 0 aromatic carbocycles. The molecule has 0 bridgehead atoms. The van der Waals surface area contributed by atoms with E-state index < -0.39 is 17.6 Å². The fourth-order valence-corrected chi connectivity index (χ4v) is 3.15. The van der Waals surface area contributed by atoms with Gasteiger partial charge in [0, 0.05) is 19.5 Å². The van der Waals surface area contributed by atoms with Gasteiger partial charge in [0.25, 0.3) is 0 Å². The summed E-state index contributed by atoms with van der Waals surface area (Å²) < 4.78 is 44.6. The van der Waals surface area contributed by atoms with Crippen molar-refractivity contribution < 1.29 is 22.7 Å². The number of fused-ring (bicyclic) bond motifs is 1. The highest BCUT2D eigenvalue weighted by Gasteiger charge is 2.32. The van der Waals surface area contributed by atoms with Crippen LogP contribution < -0.4 is 5.32 Å². The number of aromatic nitrogens is 4. The van der Waals surface area contributed by atoms with E-state index in [2.05, 4.69) is 20.5 Å². The molecule has 1 N–H and O–H groups in total. The predicted molar refractivity (Wildman–Crippen MR) is 88.2 cm³/mol. The van der Waals surface area contributed by atoms with Gasteiger partial charge >= 0.3 is 6.18 Å². The molecule has 138 valence electrons. The molecule has 1 amide bonds. The number of anilines is 1. The minimum absolute atomic E-state index is 0.140. The first-order valence-corrected chi connectivity index (χ1v) is 8.31. The van der Waals surface area contributed by atoms with Crippen molar-refractivity contribution in [1.29, 1.82) is 0 Å². The van der Waals surface area contributed by atoms with Crippen molar-refractivity contribution in [2.45, 2.75) is 19.2 Å². The number of nitrogens with one attached hydrogen (secondary N) is 1. The lowest BCUT2D eigenvalue weighted by Crippen LogP contribution is -2.14. The molecule has 0 unspecified atom stereocenters. The molecule has 0 spiro atoms. The molecular formula is C14H11ClF3N5O2S. The van der Waals surface area contributed by atoms with E-state index in [9.17, 15) is 18.0 Å². The zero-order valence-electron chi connectivity index (χ0n) is 13.2. The fourth-order valence-electron chi connectivity index (χ4n) is 2.16. The summed E-state index contributed by atoms with van der Waals surface area (Å²) in [5.41, 5.74) is -0.492. The fraction of sp³-hybridized carbons (Fsp3) is 0.286. The van der Waals surface area contributed by atoms with Gasteiger partial charge in [-0.3, -0.25) is 4.79 Å². The number of nitrogens with zero attached hydrogens (tertiary/aromatic N) is 4. The lowest BCUT2D eigenvalue weighted by Gasteiger charge is -2.07. The molecule has 3 heterocycles. The van der Waals surface area contributed by atoms with Gasteiger partial charge in [0.15, 0.2) is 5.65 Å². The summed E-state index contributed by atoms with van der Waals surface area (Å²) in [6.07, 6.45) is -2.49. The number of methoxy groups -OCH3 is 1. The summed E-state index contributed by atoms with van der Waals surface area (Å²) in [4.78, 5) is 16.2. The molecule has 0 aliphatic heterocycles. The van der Waals surface area contributed by atoms with Crippen molar-refractivity contribution in [3.63, 3.8) is 0 Å². The first kappa shape index (κ1) is 18.5. The maximum Gasteiger partial charge on any atom is 0.417 e.